The third kappa shape index (κ3) is 10.7. The average Bonchev–Trinajstić information content (AvgIpc) is 2.46. The lowest BCUT2D eigenvalue weighted by atomic mass is 9.89. The number of alkyl carbamates (subject to hydrolysis) is 1. The SMILES string of the molecule is C#Cc1c(F)ccc2cccc(-c3ncc4c(N5CC6CCC(C5)N6)nc(OCC56CCC(COC(=O)NC7CCN(S(=O)(=O)c8ccc(CN9CCC(c%10ccc%11c(N%12CCC(=O)NC%12=O)nn(C)c%11c%10)CC9)cc8)CC7)N5CC(=C)C6)nc4c3F)c12. The van der Waals surface area contributed by atoms with Crippen LogP contribution in [0, 0.1) is 24.0 Å². The van der Waals surface area contributed by atoms with E-state index in [-0.39, 0.29) is 97.0 Å². The number of piperazine rings is 1. The number of terminal acetylenes is 1. The first kappa shape index (κ1) is 57.6. The van der Waals surface area contributed by atoms with E-state index in [1.807, 2.05) is 25.2 Å². The molecule has 7 aliphatic heterocycles. The number of halogens is 2. The lowest BCUT2D eigenvalue weighted by molar-refractivity contribution is -0.120. The summed E-state index contributed by atoms with van der Waals surface area (Å²) in [4.78, 5) is 60.7. The van der Waals surface area contributed by atoms with Crippen LogP contribution < -0.4 is 30.5 Å². The number of fused-ring (bicyclic) bond motifs is 6. The Labute approximate surface area is 508 Å². The zero-order valence-electron chi connectivity index (χ0n) is 49.0. The molecule has 7 aromatic rings. The zero-order valence-corrected chi connectivity index (χ0v) is 49.8. The minimum Gasteiger partial charge on any atom is -0.461 e. The number of ether oxygens (including phenoxy) is 2. The van der Waals surface area contributed by atoms with Crippen LogP contribution in [-0.2, 0) is 33.1 Å². The Morgan fingerprint density at radius 1 is 0.909 bits per heavy atom. The topological polar surface area (TPSA) is 213 Å². The van der Waals surface area contributed by atoms with Crippen molar-refractivity contribution in [2.75, 3.05) is 75.4 Å². The summed E-state index contributed by atoms with van der Waals surface area (Å²) < 4.78 is 76.0. The van der Waals surface area contributed by atoms with Crippen LogP contribution in [0.15, 0.2) is 96.0 Å². The lowest BCUT2D eigenvalue weighted by Crippen LogP contribution is -2.51. The molecule has 3 aromatic heterocycles. The van der Waals surface area contributed by atoms with Gasteiger partial charge in [0.2, 0.25) is 15.9 Å². The molecule has 4 amide bonds. The summed E-state index contributed by atoms with van der Waals surface area (Å²) in [6.07, 6.45) is 14.0. The standard InChI is InChI=1S/C65H69F2N13O7S/c1-4-49-53(66)17-11-42-6-5-7-51(56(42)49)58-57(67)59-52(32-68-58)60(77-35-45-12-13-46(36-77)69-45)73-62(72-59)87-38-65-24-18-47(80(65)33-39(2)31-65)37-86-64(83)70-44-21-27-78(28-22-44)88(84,85)48-14-8-40(9-15-48)34-76-25-19-41(20-26-76)43-10-16-50-54(30-43)75(3)74-61(50)79-29-23-55(81)71-63(79)82/h1,5-11,14-17,30,32,41,44-47,69H,2,12-13,18-29,31,33-38H2,3H3,(H,70,83)(H,71,81,82). The molecule has 3 N–H and O–H groups in total. The number of rotatable bonds is 14. The van der Waals surface area contributed by atoms with Gasteiger partial charge < -0.3 is 25.0 Å². The molecule has 7 aliphatic rings. The third-order valence-corrected chi connectivity index (χ3v) is 21.3. The van der Waals surface area contributed by atoms with Gasteiger partial charge in [-0.15, -0.1) is 6.42 Å². The van der Waals surface area contributed by atoms with Crippen molar-refractivity contribution in [3.05, 3.63) is 119 Å². The zero-order chi connectivity index (χ0) is 60.6. The van der Waals surface area contributed by atoms with Crippen molar-refractivity contribution in [3.63, 3.8) is 0 Å². The first-order valence-electron chi connectivity index (χ1n) is 30.5. The van der Waals surface area contributed by atoms with Gasteiger partial charge in [0.15, 0.2) is 11.6 Å². The predicted molar refractivity (Wildman–Crippen MR) is 328 cm³/mol. The van der Waals surface area contributed by atoms with Crippen LogP contribution in [0.3, 0.4) is 0 Å². The molecule has 0 radical (unpaired) electrons. The number of piperidine rings is 2. The first-order valence-corrected chi connectivity index (χ1v) is 32.0. The molecule has 20 nitrogen and oxygen atoms in total. The fraction of sp³-hybridized carbons (Fsp3) is 0.431. The van der Waals surface area contributed by atoms with Crippen molar-refractivity contribution in [3.8, 4) is 29.6 Å². The molecular formula is C65H69F2N13O7S. The van der Waals surface area contributed by atoms with Crippen molar-refractivity contribution in [2.24, 2.45) is 7.05 Å². The van der Waals surface area contributed by atoms with Gasteiger partial charge in [0.25, 0.3) is 0 Å². The van der Waals surface area contributed by atoms with E-state index >= 15 is 8.78 Å². The Bertz CT molecular complexity index is 4110. The number of hydrogen-bond donors (Lipinski definition) is 3. The second-order valence-electron chi connectivity index (χ2n) is 24.9. The summed E-state index contributed by atoms with van der Waals surface area (Å²) in [6.45, 7) is 9.84. The second-order valence-corrected chi connectivity index (χ2v) is 26.8. The van der Waals surface area contributed by atoms with Crippen LogP contribution in [-0.4, -0.2) is 161 Å². The number of anilines is 2. The molecule has 456 valence electrons. The Morgan fingerprint density at radius 3 is 2.45 bits per heavy atom. The number of carbonyl (C=O) groups is 3. The van der Waals surface area contributed by atoms with Gasteiger partial charge in [-0.3, -0.25) is 34.5 Å². The summed E-state index contributed by atoms with van der Waals surface area (Å²) >= 11 is 0. The largest absolute Gasteiger partial charge is 0.461 e. The fourth-order valence-corrected chi connectivity index (χ4v) is 16.3. The number of nitrogens with one attached hydrogen (secondary N) is 3. The highest BCUT2D eigenvalue weighted by molar-refractivity contribution is 7.89. The number of aromatic nitrogens is 5. The molecular weight excluding hydrogens is 1140 g/mol. The minimum absolute atomic E-state index is 0.0169. The van der Waals surface area contributed by atoms with Crippen molar-refractivity contribution in [1.82, 2.24) is 54.8 Å². The summed E-state index contributed by atoms with van der Waals surface area (Å²) in [5.41, 5.74) is 4.08. The van der Waals surface area contributed by atoms with Crippen molar-refractivity contribution in [1.29, 1.82) is 0 Å². The molecule has 88 heavy (non-hydrogen) atoms. The summed E-state index contributed by atoms with van der Waals surface area (Å²) in [5.74, 6) is 2.32. The van der Waals surface area contributed by atoms with Crippen LogP contribution in [0.2, 0.25) is 0 Å². The van der Waals surface area contributed by atoms with E-state index in [1.165, 1.54) is 20.8 Å². The normalized spacial score (nSPS) is 23.3. The van der Waals surface area contributed by atoms with Crippen molar-refractivity contribution in [2.45, 2.75) is 111 Å². The van der Waals surface area contributed by atoms with Gasteiger partial charge >= 0.3 is 18.1 Å². The lowest BCUT2D eigenvalue weighted by Gasteiger charge is -2.35. The molecule has 7 fully saturated rings. The van der Waals surface area contributed by atoms with E-state index in [4.69, 9.17) is 25.9 Å². The Balaban J connectivity index is 0.571. The van der Waals surface area contributed by atoms with E-state index in [9.17, 15) is 22.8 Å². The molecule has 7 saturated heterocycles. The third-order valence-electron chi connectivity index (χ3n) is 19.4. The van der Waals surface area contributed by atoms with Crippen LogP contribution >= 0.6 is 0 Å². The monoisotopic (exact) mass is 1210 g/mol. The number of pyridine rings is 1. The highest BCUT2D eigenvalue weighted by Crippen LogP contribution is 2.45. The number of amides is 4. The summed E-state index contributed by atoms with van der Waals surface area (Å²) in [7, 11) is -1.91. The quantitative estimate of drug-likeness (QED) is 0.0698. The number of hydrogen-bond acceptors (Lipinski definition) is 15. The molecule has 0 spiro atoms. The van der Waals surface area contributed by atoms with Gasteiger partial charge in [0.1, 0.15) is 36.1 Å². The second kappa shape index (κ2) is 23.1. The highest BCUT2D eigenvalue weighted by Gasteiger charge is 2.52. The maximum absolute atomic E-state index is 17.3. The molecule has 23 heteroatoms. The molecule has 4 aromatic carbocycles. The van der Waals surface area contributed by atoms with Gasteiger partial charge in [-0.1, -0.05) is 60.5 Å². The van der Waals surface area contributed by atoms with Gasteiger partial charge in [-0.25, -0.2) is 26.8 Å². The number of imide groups is 1. The number of nitrogens with zero attached hydrogens (tertiary/aromatic N) is 10. The van der Waals surface area contributed by atoms with Gasteiger partial charge in [0.05, 0.1) is 26.9 Å². The van der Waals surface area contributed by atoms with Crippen LogP contribution in [0.25, 0.3) is 43.8 Å². The van der Waals surface area contributed by atoms with E-state index in [0.717, 1.165) is 73.7 Å². The molecule has 0 saturated carbocycles. The predicted octanol–water partition coefficient (Wildman–Crippen LogP) is 7.88. The Hall–Kier alpha value is -8.14. The summed E-state index contributed by atoms with van der Waals surface area (Å²) in [6, 6.07) is 21.3. The molecule has 10 heterocycles. The smallest absolute Gasteiger partial charge is 0.407 e. The number of aryl methyl sites for hydroxylation is 1. The molecule has 14 rings (SSSR count). The maximum Gasteiger partial charge on any atom is 0.407 e. The molecule has 4 unspecified atom stereocenters. The first-order chi connectivity index (χ1) is 42.6. The highest BCUT2D eigenvalue weighted by atomic mass is 32.2. The van der Waals surface area contributed by atoms with Gasteiger partial charge in [-0.2, -0.15) is 19.4 Å². The number of benzene rings is 4. The number of sulfonamides is 1. The van der Waals surface area contributed by atoms with E-state index < -0.39 is 39.3 Å². The minimum atomic E-state index is -3.77. The van der Waals surface area contributed by atoms with Crippen LogP contribution in [0.1, 0.15) is 86.8 Å². The molecule has 4 atom stereocenters. The van der Waals surface area contributed by atoms with Gasteiger partial charge in [-0.05, 0) is 124 Å². The maximum atomic E-state index is 17.3. The fourth-order valence-electron chi connectivity index (χ4n) is 14.8. The Kier molecular flexibility index (Phi) is 15.1. The molecule has 0 aliphatic carbocycles. The summed E-state index contributed by atoms with van der Waals surface area (Å²) in [5, 5.41) is 16.0. The number of urea groups is 1. The van der Waals surface area contributed by atoms with Crippen molar-refractivity contribution >= 4 is 72.3 Å². The van der Waals surface area contributed by atoms with E-state index in [1.54, 1.807) is 47.3 Å². The van der Waals surface area contributed by atoms with Crippen LogP contribution in [0.5, 0.6) is 6.01 Å². The number of likely N-dealkylation sites (tertiary alicyclic amines) is 1. The average molecular weight is 1210 g/mol. The van der Waals surface area contributed by atoms with E-state index in [0.29, 0.717) is 84.7 Å². The molecule has 2 bridgehead atoms. The van der Waals surface area contributed by atoms with E-state index in [2.05, 4.69) is 65.4 Å². The van der Waals surface area contributed by atoms with Gasteiger partial charge in [0, 0.05) is 106 Å². The van der Waals surface area contributed by atoms with Crippen molar-refractivity contribution < 1.29 is 41.1 Å². The number of carbonyl (C=O) groups excluding carboxylic acids is 3. The Morgan fingerprint density at radius 2 is 1.69 bits per heavy atom. The van der Waals surface area contributed by atoms with Crippen LogP contribution in [0.4, 0.5) is 30.0 Å².